The molecule has 0 radical (unpaired) electrons. The van der Waals surface area contributed by atoms with Gasteiger partial charge >= 0.3 is 0 Å². The Hall–Kier alpha value is -2.50. The number of benzene rings is 2. The minimum Gasteiger partial charge on any atom is -0.385 e. The van der Waals surface area contributed by atoms with Gasteiger partial charge in [-0.15, -0.1) is 11.3 Å². The molecular weight excluding hydrogens is 522 g/mol. The molecule has 1 fully saturated rings. The predicted octanol–water partition coefficient (Wildman–Crippen LogP) is 4.59. The fraction of sp³-hybridized carbons (Fsp3) is 0.360. The summed E-state index contributed by atoms with van der Waals surface area (Å²) >= 11 is 6.95. The molecule has 2 aliphatic heterocycles. The van der Waals surface area contributed by atoms with Crippen molar-refractivity contribution < 1.29 is 22.7 Å². The second-order valence-corrected chi connectivity index (χ2v) is 12.8. The minimum atomic E-state index is -3.61. The number of anilines is 2. The van der Waals surface area contributed by atoms with E-state index in [0.717, 1.165) is 34.2 Å². The van der Waals surface area contributed by atoms with Crippen molar-refractivity contribution in [2.24, 2.45) is 5.92 Å². The highest BCUT2D eigenvalue weighted by Crippen LogP contribution is 2.41. The van der Waals surface area contributed by atoms with Crippen molar-refractivity contribution in [3.05, 3.63) is 52.4 Å². The highest BCUT2D eigenvalue weighted by Gasteiger charge is 2.34. The van der Waals surface area contributed by atoms with E-state index in [1.54, 1.807) is 18.1 Å². The minimum absolute atomic E-state index is 0.0456. The molecule has 0 atom stereocenters. The van der Waals surface area contributed by atoms with Gasteiger partial charge in [0.1, 0.15) is 4.21 Å². The van der Waals surface area contributed by atoms with Gasteiger partial charge in [-0.05, 0) is 49.6 Å². The number of methoxy groups -OCH3 is 1. The zero-order valence-corrected chi connectivity index (χ0v) is 22.1. The number of carbonyl (C=O) groups excluding carboxylic acids is 2. The van der Waals surface area contributed by atoms with Crippen molar-refractivity contribution in [1.29, 1.82) is 0 Å². The number of nitrogens with zero attached hydrogens (tertiary/aromatic N) is 2. The summed E-state index contributed by atoms with van der Waals surface area (Å²) in [7, 11) is -1.97. The number of hydrogen-bond acceptors (Lipinski definition) is 6. The third kappa shape index (κ3) is 4.52. The summed E-state index contributed by atoms with van der Waals surface area (Å²) in [6, 6.07) is 12.3. The molecule has 190 valence electrons. The number of hydrogen-bond donors (Lipinski definition) is 1. The van der Waals surface area contributed by atoms with E-state index in [0.29, 0.717) is 41.6 Å². The second-order valence-electron chi connectivity index (χ2n) is 8.89. The first-order valence-electron chi connectivity index (χ1n) is 11.7. The Balaban J connectivity index is 1.30. The number of nitrogens with one attached hydrogen (secondary N) is 1. The maximum Gasteiger partial charge on any atom is 0.258 e. The molecule has 0 saturated carbocycles. The Labute approximate surface area is 218 Å². The summed E-state index contributed by atoms with van der Waals surface area (Å²) in [5, 5.41) is 4.69. The van der Waals surface area contributed by atoms with Gasteiger partial charge in [0.05, 0.1) is 10.0 Å². The van der Waals surface area contributed by atoms with Gasteiger partial charge in [-0.25, -0.2) is 8.42 Å². The lowest BCUT2D eigenvalue weighted by Gasteiger charge is -2.30. The van der Waals surface area contributed by atoms with Gasteiger partial charge < -0.3 is 15.0 Å². The molecule has 1 saturated heterocycles. The van der Waals surface area contributed by atoms with Crippen molar-refractivity contribution in [2.45, 2.75) is 23.5 Å². The first-order valence-corrected chi connectivity index (χ1v) is 14.4. The van der Waals surface area contributed by atoms with E-state index in [9.17, 15) is 18.0 Å². The van der Waals surface area contributed by atoms with Crippen LogP contribution in [-0.4, -0.2) is 57.9 Å². The predicted molar refractivity (Wildman–Crippen MR) is 142 cm³/mol. The quantitative estimate of drug-likeness (QED) is 0.416. The summed E-state index contributed by atoms with van der Waals surface area (Å²) in [5.41, 5.74) is 2.12. The first-order chi connectivity index (χ1) is 17.3. The number of ether oxygens (including phenoxy) is 1. The van der Waals surface area contributed by atoms with Crippen molar-refractivity contribution >= 4 is 66.9 Å². The fourth-order valence-electron chi connectivity index (χ4n) is 4.90. The van der Waals surface area contributed by atoms with Crippen LogP contribution in [-0.2, 0) is 19.6 Å². The Bertz CT molecular complexity index is 1430. The van der Waals surface area contributed by atoms with Crippen molar-refractivity contribution in [1.82, 2.24) is 4.31 Å². The van der Waals surface area contributed by atoms with Crippen LogP contribution in [0.2, 0.25) is 4.34 Å². The molecule has 2 aromatic carbocycles. The van der Waals surface area contributed by atoms with Crippen LogP contribution in [0.15, 0.2) is 46.7 Å². The number of halogens is 1. The molecule has 8 nitrogen and oxygen atoms in total. The highest BCUT2D eigenvalue weighted by atomic mass is 35.5. The summed E-state index contributed by atoms with van der Waals surface area (Å²) < 4.78 is 32.9. The lowest BCUT2D eigenvalue weighted by atomic mass is 9.96. The molecule has 0 bridgehead atoms. The lowest BCUT2D eigenvalue weighted by molar-refractivity contribution is -0.120. The number of piperidine rings is 1. The van der Waals surface area contributed by atoms with E-state index in [1.807, 2.05) is 30.3 Å². The van der Waals surface area contributed by atoms with Crippen LogP contribution in [0, 0.1) is 5.92 Å². The van der Waals surface area contributed by atoms with Crippen LogP contribution < -0.4 is 10.2 Å². The number of rotatable bonds is 8. The Morgan fingerprint density at radius 2 is 1.94 bits per heavy atom. The van der Waals surface area contributed by atoms with Gasteiger partial charge in [0.2, 0.25) is 5.91 Å². The maximum absolute atomic E-state index is 13.1. The van der Waals surface area contributed by atoms with Gasteiger partial charge in [-0.3, -0.25) is 9.59 Å². The third-order valence-electron chi connectivity index (χ3n) is 6.74. The molecule has 0 spiro atoms. The van der Waals surface area contributed by atoms with Gasteiger partial charge in [0.15, 0.2) is 0 Å². The van der Waals surface area contributed by atoms with Gasteiger partial charge in [-0.1, -0.05) is 23.7 Å². The third-order valence-corrected chi connectivity index (χ3v) is 10.3. The summed E-state index contributed by atoms with van der Waals surface area (Å²) in [5.74, 6) is -0.498. The molecule has 1 N–H and O–H groups in total. The summed E-state index contributed by atoms with van der Waals surface area (Å²) in [6.45, 7) is 1.66. The van der Waals surface area contributed by atoms with Crippen LogP contribution in [0.3, 0.4) is 0 Å². The van der Waals surface area contributed by atoms with Crippen LogP contribution in [0.4, 0.5) is 11.4 Å². The SMILES string of the molecule is COCCCN1C(=O)c2cccc3c(NC(=O)C4CCN(S(=O)(=O)c5ccc(Cl)s5)CC4)ccc1c23. The largest absolute Gasteiger partial charge is 0.385 e. The number of sulfonamides is 1. The van der Waals surface area contributed by atoms with Crippen LogP contribution in [0.25, 0.3) is 10.8 Å². The molecule has 0 unspecified atom stereocenters. The van der Waals surface area contributed by atoms with Crippen molar-refractivity contribution in [3.63, 3.8) is 0 Å². The molecule has 36 heavy (non-hydrogen) atoms. The van der Waals surface area contributed by atoms with Crippen LogP contribution in [0.5, 0.6) is 0 Å². The van der Waals surface area contributed by atoms with Gasteiger partial charge in [-0.2, -0.15) is 4.31 Å². The maximum atomic E-state index is 13.1. The smallest absolute Gasteiger partial charge is 0.258 e. The van der Waals surface area contributed by atoms with Crippen molar-refractivity contribution in [3.8, 4) is 0 Å². The average Bonchev–Trinajstić information content (AvgIpc) is 3.44. The molecule has 1 aromatic heterocycles. The fourth-order valence-corrected chi connectivity index (χ4v) is 8.01. The summed E-state index contributed by atoms with van der Waals surface area (Å²) in [4.78, 5) is 27.9. The number of thiophene rings is 1. The van der Waals surface area contributed by atoms with E-state index in [-0.39, 0.29) is 35.0 Å². The first kappa shape index (κ1) is 25.2. The number of amides is 2. The zero-order valence-electron chi connectivity index (χ0n) is 19.7. The Kier molecular flexibility index (Phi) is 7.06. The molecule has 11 heteroatoms. The van der Waals surface area contributed by atoms with E-state index < -0.39 is 10.0 Å². The van der Waals surface area contributed by atoms with E-state index >= 15 is 0 Å². The lowest BCUT2D eigenvalue weighted by Crippen LogP contribution is -2.41. The molecule has 3 heterocycles. The van der Waals surface area contributed by atoms with Crippen LogP contribution >= 0.6 is 22.9 Å². The molecular formula is C25H26ClN3O5S2. The van der Waals surface area contributed by atoms with Crippen LogP contribution in [0.1, 0.15) is 29.6 Å². The topological polar surface area (TPSA) is 96.0 Å². The summed E-state index contributed by atoms with van der Waals surface area (Å²) in [6.07, 6.45) is 1.58. The zero-order chi connectivity index (χ0) is 25.4. The Morgan fingerprint density at radius 1 is 1.17 bits per heavy atom. The second kappa shape index (κ2) is 10.1. The van der Waals surface area contributed by atoms with Crippen molar-refractivity contribution in [2.75, 3.05) is 43.6 Å². The molecule has 2 aliphatic rings. The normalized spacial score (nSPS) is 16.7. The highest BCUT2D eigenvalue weighted by molar-refractivity contribution is 7.91. The monoisotopic (exact) mass is 547 g/mol. The standard InChI is InChI=1S/C25H26ClN3O5S2/c1-34-15-3-12-29-20-7-6-19(17-4-2-5-18(23(17)20)25(29)31)27-24(30)16-10-13-28(14-11-16)36(32,33)22-9-8-21(26)35-22/h2,4-9,16H,3,10-15H2,1H3,(H,27,30). The molecule has 0 aliphatic carbocycles. The van der Waals surface area contributed by atoms with E-state index in [1.165, 1.54) is 10.4 Å². The number of carbonyl (C=O) groups is 2. The molecule has 5 rings (SSSR count). The van der Waals surface area contributed by atoms with E-state index in [2.05, 4.69) is 5.32 Å². The average molecular weight is 548 g/mol. The van der Waals surface area contributed by atoms with Gasteiger partial charge in [0, 0.05) is 61.3 Å². The Morgan fingerprint density at radius 3 is 2.64 bits per heavy atom. The molecule has 2 amide bonds. The van der Waals surface area contributed by atoms with Gasteiger partial charge in [0.25, 0.3) is 15.9 Å². The van der Waals surface area contributed by atoms with E-state index in [4.69, 9.17) is 16.3 Å². The molecule has 3 aromatic rings.